The average Bonchev–Trinajstić information content (AvgIpc) is 2.03. The Balaban J connectivity index is 2.79. The molecule has 0 aliphatic carbocycles. The van der Waals surface area contributed by atoms with E-state index in [-0.39, 0.29) is 0 Å². The molecule has 0 aliphatic rings. The van der Waals surface area contributed by atoms with Crippen LogP contribution in [-0.2, 0) is 4.58 Å². The molecule has 0 spiro atoms. The van der Waals surface area contributed by atoms with Crippen LogP contribution in [-0.4, -0.2) is 6.29 Å². The summed E-state index contributed by atoms with van der Waals surface area (Å²) in [6.07, 6.45) is 9.69. The second-order valence-electron chi connectivity index (χ2n) is 2.82. The molecule has 0 radical (unpaired) electrons. The number of carbonyl (C=O) groups excluding carboxylic acids is 1. The molecule has 0 rings (SSSR count). The third-order valence-electron chi connectivity index (χ3n) is 1.74. The number of aldehydes is 1. The molecule has 0 fully saturated rings. The number of hydrogen-bond donors (Lipinski definition) is 0. The van der Waals surface area contributed by atoms with Gasteiger partial charge in [-0.2, -0.15) is 4.58 Å². The van der Waals surface area contributed by atoms with Crippen molar-refractivity contribution in [1.82, 2.24) is 0 Å². The Morgan fingerprint density at radius 2 is 1.73 bits per heavy atom. The maximum Gasteiger partial charge on any atom is 0.318 e. The lowest BCUT2D eigenvalue weighted by Gasteiger charge is -1.95. The first-order valence-electron chi connectivity index (χ1n) is 4.52. The van der Waals surface area contributed by atoms with Gasteiger partial charge in [0.05, 0.1) is 6.42 Å². The molecule has 0 atom stereocenters. The van der Waals surface area contributed by atoms with Gasteiger partial charge in [-0.3, -0.25) is 0 Å². The molecule has 0 saturated carbocycles. The summed E-state index contributed by atoms with van der Waals surface area (Å²) in [5.41, 5.74) is 0. The van der Waals surface area contributed by atoms with Crippen molar-refractivity contribution in [3.8, 4) is 0 Å². The van der Waals surface area contributed by atoms with Crippen molar-refractivity contribution in [2.45, 2.75) is 51.9 Å². The van der Waals surface area contributed by atoms with Gasteiger partial charge in [0.25, 0.3) is 0 Å². The Labute approximate surface area is 68.9 Å². The molecule has 2 heteroatoms. The van der Waals surface area contributed by atoms with Gasteiger partial charge in [0, 0.05) is 0 Å². The van der Waals surface area contributed by atoms with Gasteiger partial charge in [0.15, 0.2) is 0 Å². The van der Waals surface area contributed by atoms with E-state index < -0.39 is 0 Å². The van der Waals surface area contributed by atoms with E-state index in [4.69, 9.17) is 0 Å². The highest BCUT2D eigenvalue weighted by molar-refractivity contribution is 5.49. The van der Waals surface area contributed by atoms with E-state index in [1.807, 2.05) is 0 Å². The number of hydrogen-bond acceptors (Lipinski definition) is 1. The van der Waals surface area contributed by atoms with Crippen LogP contribution in [0.3, 0.4) is 0 Å². The first-order chi connectivity index (χ1) is 5.41. The minimum absolute atomic E-state index is 0.801. The summed E-state index contributed by atoms with van der Waals surface area (Å²) in [6, 6.07) is 0. The van der Waals surface area contributed by atoms with Gasteiger partial charge in [0.2, 0.25) is 0 Å². The zero-order chi connectivity index (χ0) is 8.36. The lowest BCUT2D eigenvalue weighted by atomic mass is 10.1. The minimum atomic E-state index is 0.801. The lowest BCUT2D eigenvalue weighted by Crippen LogP contribution is -1.96. The maximum atomic E-state index is 9.51. The van der Waals surface area contributed by atoms with E-state index >= 15 is 0 Å². The van der Waals surface area contributed by atoms with E-state index in [1.165, 1.54) is 38.4 Å². The van der Waals surface area contributed by atoms with Crippen molar-refractivity contribution in [3.63, 3.8) is 0 Å². The fraction of sp³-hybridized carbons (Fsp3) is 0.889. The van der Waals surface area contributed by atoms with Gasteiger partial charge < -0.3 is 5.26 Å². The molecule has 66 valence electrons. The fourth-order valence-corrected chi connectivity index (χ4v) is 1.06. The van der Waals surface area contributed by atoms with Crippen molar-refractivity contribution >= 4 is 6.29 Å². The first kappa shape index (κ1) is 10.5. The Hall–Kier alpha value is -0.530. The van der Waals surface area contributed by atoms with Crippen LogP contribution in [0.25, 0.3) is 0 Å². The molecule has 0 amide bonds. The highest BCUT2D eigenvalue weighted by Crippen LogP contribution is 2.05. The molecule has 0 aliphatic heterocycles. The predicted molar refractivity (Wildman–Crippen MR) is 44.1 cm³/mol. The Kier molecular flexibility index (Phi) is 9.01. The Morgan fingerprint density at radius 3 is 2.36 bits per heavy atom. The van der Waals surface area contributed by atoms with Gasteiger partial charge in [-0.05, 0) is 6.42 Å². The molecule has 0 unspecified atom stereocenters. The molecule has 0 aromatic heterocycles. The van der Waals surface area contributed by atoms with Gasteiger partial charge >= 0.3 is 6.29 Å². The van der Waals surface area contributed by atoms with Crippen LogP contribution in [0.4, 0.5) is 0 Å². The zero-order valence-electron chi connectivity index (χ0n) is 7.34. The number of rotatable bonds is 7. The highest BCUT2D eigenvalue weighted by Gasteiger charge is 1.90. The molecule has 0 saturated heterocycles. The quantitative estimate of drug-likeness (QED) is 0.183. The van der Waals surface area contributed by atoms with E-state index in [2.05, 4.69) is 11.5 Å². The molecular formula is C9H18O2. The molecular weight excluding hydrogens is 140 g/mol. The van der Waals surface area contributed by atoms with Crippen molar-refractivity contribution < 1.29 is 9.83 Å². The predicted octanol–water partition coefficient (Wildman–Crippen LogP) is 1.75. The van der Waals surface area contributed by atoms with Crippen LogP contribution in [0.2, 0.25) is 0 Å². The molecule has 0 bridgehead atoms. The maximum absolute atomic E-state index is 9.51. The normalized spacial score (nSPS) is 11.0. The van der Waals surface area contributed by atoms with E-state index in [9.17, 15) is 5.26 Å². The molecule has 0 aromatic rings. The van der Waals surface area contributed by atoms with Crippen molar-refractivity contribution in [3.05, 3.63) is 0 Å². The van der Waals surface area contributed by atoms with Crippen molar-refractivity contribution in [2.24, 2.45) is 0 Å². The van der Waals surface area contributed by atoms with Gasteiger partial charge in [-0.1, -0.05) is 39.0 Å². The topological polar surface area (TPSA) is 34.4 Å². The number of unbranched alkanes of at least 4 members (excludes halogenated alkanes) is 6. The van der Waals surface area contributed by atoms with Crippen LogP contribution in [0.1, 0.15) is 51.9 Å². The summed E-state index contributed by atoms with van der Waals surface area (Å²) in [6.45, 7) is 2.21. The van der Waals surface area contributed by atoms with E-state index in [0.29, 0.717) is 0 Å². The third kappa shape index (κ3) is 9.47. The smallest absolute Gasteiger partial charge is 0.318 e. The molecule has 0 N–H and O–H groups in total. The third-order valence-corrected chi connectivity index (χ3v) is 1.74. The molecule has 0 aromatic carbocycles. The summed E-state index contributed by atoms with van der Waals surface area (Å²) in [4.78, 5) is 0. The molecule has 2 nitrogen and oxygen atoms in total. The molecule has 11 heavy (non-hydrogen) atoms. The van der Waals surface area contributed by atoms with Crippen molar-refractivity contribution in [2.75, 3.05) is 0 Å². The zero-order valence-corrected chi connectivity index (χ0v) is 7.34. The van der Waals surface area contributed by atoms with Gasteiger partial charge in [-0.25, -0.2) is 0 Å². The van der Waals surface area contributed by atoms with Crippen LogP contribution in [0.15, 0.2) is 0 Å². The Bertz CT molecular complexity index is 89.6. The van der Waals surface area contributed by atoms with Crippen LogP contribution >= 0.6 is 0 Å². The van der Waals surface area contributed by atoms with E-state index in [1.54, 1.807) is 0 Å². The van der Waals surface area contributed by atoms with Gasteiger partial charge in [0.1, 0.15) is 0 Å². The summed E-state index contributed by atoms with van der Waals surface area (Å²) in [5.74, 6) is 0. The lowest BCUT2D eigenvalue weighted by molar-refractivity contribution is -1.04. The van der Waals surface area contributed by atoms with Crippen LogP contribution in [0, 0.1) is 0 Å². The standard InChI is InChI=1S/C9H18O2/c1-2-3-4-5-6-7-8-9-11-10/h9H,2-8H2,1H3. The molecule has 0 heterocycles. The summed E-state index contributed by atoms with van der Waals surface area (Å²) >= 11 is 0. The largest absolute Gasteiger partial charge is 0.463 e. The van der Waals surface area contributed by atoms with E-state index in [0.717, 1.165) is 12.8 Å². The van der Waals surface area contributed by atoms with Crippen LogP contribution in [0.5, 0.6) is 0 Å². The Morgan fingerprint density at radius 1 is 1.09 bits per heavy atom. The fourth-order valence-electron chi connectivity index (χ4n) is 1.06. The average molecular weight is 158 g/mol. The minimum Gasteiger partial charge on any atom is -0.463 e. The summed E-state index contributed by atoms with van der Waals surface area (Å²) in [7, 11) is 0. The second kappa shape index (κ2) is 9.47. The summed E-state index contributed by atoms with van der Waals surface area (Å²) in [5, 5.41) is 9.51. The monoisotopic (exact) mass is 158 g/mol. The van der Waals surface area contributed by atoms with Crippen LogP contribution < -0.4 is 5.26 Å². The second-order valence-corrected chi connectivity index (χ2v) is 2.82. The summed E-state index contributed by atoms with van der Waals surface area (Å²) < 4.78 is 3.59. The van der Waals surface area contributed by atoms with Crippen molar-refractivity contribution in [1.29, 1.82) is 0 Å². The SMILES string of the molecule is CCCCCCCCC=[O+][O-]. The highest BCUT2D eigenvalue weighted by atomic mass is 17.1. The first-order valence-corrected chi connectivity index (χ1v) is 4.52. The van der Waals surface area contributed by atoms with Gasteiger partial charge in [-0.15, -0.1) is 0 Å².